The second-order valence-corrected chi connectivity index (χ2v) is 4.82. The van der Waals surface area contributed by atoms with Crippen LogP contribution >= 0.6 is 0 Å². The second kappa shape index (κ2) is 3.57. The number of carbonyl (C=O) groups is 1. The fourth-order valence-corrected chi connectivity index (χ4v) is 1.54. The third-order valence-electron chi connectivity index (χ3n) is 2.33. The highest BCUT2D eigenvalue weighted by molar-refractivity contribution is 5.96. The number of aryl methyl sites for hydroxylation is 1. The van der Waals surface area contributed by atoms with Crippen molar-refractivity contribution in [3.63, 3.8) is 0 Å². The molecule has 3 N–H and O–H groups in total. The molecule has 15 heavy (non-hydrogen) atoms. The van der Waals surface area contributed by atoms with Gasteiger partial charge in [0, 0.05) is 5.56 Å². The number of hydrogen-bond donors (Lipinski definition) is 2. The lowest BCUT2D eigenvalue weighted by Gasteiger charge is -2.22. The van der Waals surface area contributed by atoms with Gasteiger partial charge < -0.3 is 10.8 Å². The number of nitrogens with two attached hydrogens (primary N) is 1. The van der Waals surface area contributed by atoms with E-state index in [1.807, 2.05) is 33.8 Å². The van der Waals surface area contributed by atoms with E-state index in [4.69, 9.17) is 5.73 Å². The number of primary amides is 1. The summed E-state index contributed by atoms with van der Waals surface area (Å²) >= 11 is 0. The average Bonchev–Trinajstić information content (AvgIpc) is 2.06. The Balaban J connectivity index is 3.49. The van der Waals surface area contributed by atoms with Crippen LogP contribution in [0.4, 0.5) is 0 Å². The first-order valence-electron chi connectivity index (χ1n) is 4.87. The Hall–Kier alpha value is -1.51. The summed E-state index contributed by atoms with van der Waals surface area (Å²) in [6.07, 6.45) is 0. The molecule has 1 amide bonds. The minimum Gasteiger partial charge on any atom is -0.507 e. The molecule has 0 bridgehead atoms. The molecule has 0 fully saturated rings. The van der Waals surface area contributed by atoms with Crippen molar-refractivity contribution in [1.82, 2.24) is 0 Å². The number of benzene rings is 1. The molecular formula is C12H17NO2. The number of aromatic hydroxyl groups is 1. The third-order valence-corrected chi connectivity index (χ3v) is 2.33. The van der Waals surface area contributed by atoms with Crippen molar-refractivity contribution in [1.29, 1.82) is 0 Å². The van der Waals surface area contributed by atoms with E-state index < -0.39 is 5.91 Å². The van der Waals surface area contributed by atoms with Gasteiger partial charge >= 0.3 is 0 Å². The molecular weight excluding hydrogens is 190 g/mol. The summed E-state index contributed by atoms with van der Waals surface area (Å²) in [5.41, 5.74) is 6.85. The fourth-order valence-electron chi connectivity index (χ4n) is 1.54. The first-order chi connectivity index (χ1) is 6.73. The van der Waals surface area contributed by atoms with E-state index in [-0.39, 0.29) is 16.7 Å². The highest BCUT2D eigenvalue weighted by Crippen LogP contribution is 2.33. The summed E-state index contributed by atoms with van der Waals surface area (Å²) in [7, 11) is 0. The highest BCUT2D eigenvalue weighted by atomic mass is 16.3. The molecule has 0 heterocycles. The Morgan fingerprint density at radius 2 is 1.87 bits per heavy atom. The van der Waals surface area contributed by atoms with Crippen molar-refractivity contribution in [3.8, 4) is 5.75 Å². The Labute approximate surface area is 89.9 Å². The van der Waals surface area contributed by atoms with Crippen LogP contribution in [0.15, 0.2) is 12.1 Å². The monoisotopic (exact) mass is 207 g/mol. The van der Waals surface area contributed by atoms with Crippen molar-refractivity contribution >= 4 is 5.91 Å². The molecule has 0 aliphatic heterocycles. The Morgan fingerprint density at radius 3 is 2.27 bits per heavy atom. The quantitative estimate of drug-likeness (QED) is 0.740. The summed E-state index contributed by atoms with van der Waals surface area (Å²) < 4.78 is 0. The lowest BCUT2D eigenvalue weighted by Crippen LogP contribution is -2.17. The molecule has 1 rings (SSSR count). The molecule has 0 aliphatic rings. The normalized spacial score (nSPS) is 11.5. The van der Waals surface area contributed by atoms with Gasteiger partial charge in [-0.2, -0.15) is 0 Å². The lowest BCUT2D eigenvalue weighted by atomic mass is 9.84. The van der Waals surface area contributed by atoms with Gasteiger partial charge in [-0.05, 0) is 24.0 Å². The van der Waals surface area contributed by atoms with Crippen LogP contribution < -0.4 is 5.73 Å². The number of hydrogen-bond acceptors (Lipinski definition) is 2. The van der Waals surface area contributed by atoms with Crippen LogP contribution in [0.1, 0.15) is 42.3 Å². The molecule has 0 aliphatic carbocycles. The van der Waals surface area contributed by atoms with E-state index >= 15 is 0 Å². The van der Waals surface area contributed by atoms with E-state index in [0.29, 0.717) is 0 Å². The van der Waals surface area contributed by atoms with Crippen molar-refractivity contribution in [2.45, 2.75) is 33.1 Å². The van der Waals surface area contributed by atoms with Crippen LogP contribution in [0.3, 0.4) is 0 Å². The van der Waals surface area contributed by atoms with Gasteiger partial charge in [0.05, 0.1) is 5.56 Å². The first-order valence-corrected chi connectivity index (χ1v) is 4.87. The summed E-state index contributed by atoms with van der Waals surface area (Å²) in [5, 5.41) is 9.92. The van der Waals surface area contributed by atoms with E-state index in [1.54, 1.807) is 6.07 Å². The molecule has 0 radical (unpaired) electrons. The minimum atomic E-state index is -0.596. The summed E-state index contributed by atoms with van der Waals surface area (Å²) in [4.78, 5) is 11.1. The van der Waals surface area contributed by atoms with Gasteiger partial charge in [0.2, 0.25) is 0 Å². The lowest BCUT2D eigenvalue weighted by molar-refractivity contribution is 0.0997. The van der Waals surface area contributed by atoms with Gasteiger partial charge in [0.15, 0.2) is 0 Å². The predicted molar refractivity (Wildman–Crippen MR) is 60.1 cm³/mol. The fraction of sp³-hybridized carbons (Fsp3) is 0.417. The molecule has 0 unspecified atom stereocenters. The van der Waals surface area contributed by atoms with Crippen molar-refractivity contribution < 1.29 is 9.90 Å². The Kier molecular flexibility index (Phi) is 2.75. The standard InChI is InChI=1S/C12H17NO2/c1-7-5-8(11(13)15)10(14)9(6-7)12(2,3)4/h5-6,14H,1-4H3,(H2,13,15). The van der Waals surface area contributed by atoms with Crippen LogP contribution in [0.5, 0.6) is 5.75 Å². The smallest absolute Gasteiger partial charge is 0.252 e. The zero-order chi connectivity index (χ0) is 11.8. The van der Waals surface area contributed by atoms with E-state index in [9.17, 15) is 9.90 Å². The van der Waals surface area contributed by atoms with Gasteiger partial charge in [0.25, 0.3) is 5.91 Å². The maximum absolute atomic E-state index is 11.1. The van der Waals surface area contributed by atoms with Crippen LogP contribution in [0.2, 0.25) is 0 Å². The van der Waals surface area contributed by atoms with Crippen LogP contribution in [-0.4, -0.2) is 11.0 Å². The van der Waals surface area contributed by atoms with Crippen LogP contribution in [0, 0.1) is 6.92 Å². The first kappa shape index (κ1) is 11.6. The summed E-state index contributed by atoms with van der Waals surface area (Å²) in [6, 6.07) is 3.48. The molecule has 0 saturated carbocycles. The van der Waals surface area contributed by atoms with Gasteiger partial charge in [-0.15, -0.1) is 0 Å². The van der Waals surface area contributed by atoms with Crippen molar-refractivity contribution in [3.05, 3.63) is 28.8 Å². The predicted octanol–water partition coefficient (Wildman–Crippen LogP) is 2.10. The van der Waals surface area contributed by atoms with Gasteiger partial charge in [-0.1, -0.05) is 26.8 Å². The van der Waals surface area contributed by atoms with Crippen LogP contribution in [-0.2, 0) is 5.41 Å². The largest absolute Gasteiger partial charge is 0.507 e. The molecule has 82 valence electrons. The number of amides is 1. The van der Waals surface area contributed by atoms with E-state index in [2.05, 4.69) is 0 Å². The van der Waals surface area contributed by atoms with Crippen molar-refractivity contribution in [2.24, 2.45) is 5.73 Å². The van der Waals surface area contributed by atoms with E-state index in [0.717, 1.165) is 11.1 Å². The number of carbonyl (C=O) groups excluding carboxylic acids is 1. The third kappa shape index (κ3) is 2.29. The molecule has 0 spiro atoms. The Bertz CT molecular complexity index is 403. The molecule has 3 nitrogen and oxygen atoms in total. The van der Waals surface area contributed by atoms with Gasteiger partial charge in [-0.3, -0.25) is 4.79 Å². The van der Waals surface area contributed by atoms with Crippen LogP contribution in [0.25, 0.3) is 0 Å². The molecule has 0 saturated heterocycles. The average molecular weight is 207 g/mol. The molecule has 1 aromatic rings. The van der Waals surface area contributed by atoms with Gasteiger partial charge in [0.1, 0.15) is 5.75 Å². The molecule has 1 aromatic carbocycles. The minimum absolute atomic E-state index is 0.000556. The molecule has 0 atom stereocenters. The summed E-state index contributed by atoms with van der Waals surface area (Å²) in [6.45, 7) is 7.81. The van der Waals surface area contributed by atoms with Crippen molar-refractivity contribution in [2.75, 3.05) is 0 Å². The highest BCUT2D eigenvalue weighted by Gasteiger charge is 2.22. The van der Waals surface area contributed by atoms with Gasteiger partial charge in [-0.25, -0.2) is 0 Å². The second-order valence-electron chi connectivity index (χ2n) is 4.82. The number of phenols is 1. The van der Waals surface area contributed by atoms with E-state index in [1.165, 1.54) is 0 Å². The zero-order valence-electron chi connectivity index (χ0n) is 9.59. The molecule has 0 aromatic heterocycles. The Morgan fingerprint density at radius 1 is 1.33 bits per heavy atom. The maximum Gasteiger partial charge on any atom is 0.252 e. The SMILES string of the molecule is Cc1cc(C(N)=O)c(O)c(C(C)(C)C)c1. The topological polar surface area (TPSA) is 63.3 Å². The maximum atomic E-state index is 11.1. The number of rotatable bonds is 1. The summed E-state index contributed by atoms with van der Waals surface area (Å²) in [5.74, 6) is -0.595. The zero-order valence-corrected chi connectivity index (χ0v) is 9.59. The molecule has 3 heteroatoms.